The lowest BCUT2D eigenvalue weighted by molar-refractivity contribution is 0.872. The number of rotatable bonds is 3. The van der Waals surface area contributed by atoms with Crippen LogP contribution in [0.15, 0.2) is 0 Å². The molecule has 1 atom stereocenters. The standard InChI is InChI=1S/C5H13NS/c1-6-4-5-7(2)3/h6H,2,4-5H2,1,3H3. The highest BCUT2D eigenvalue weighted by molar-refractivity contribution is 8.13. The van der Waals surface area contributed by atoms with Gasteiger partial charge in [0.25, 0.3) is 0 Å². The maximum Gasteiger partial charge on any atom is 0.00343 e. The Morgan fingerprint density at radius 2 is 2.29 bits per heavy atom. The van der Waals surface area contributed by atoms with Crippen molar-refractivity contribution in [3.05, 3.63) is 0 Å². The smallest absolute Gasteiger partial charge is 0.00343 e. The van der Waals surface area contributed by atoms with E-state index in [1.165, 1.54) is 5.75 Å². The van der Waals surface area contributed by atoms with Crippen molar-refractivity contribution in [2.24, 2.45) is 0 Å². The molecule has 0 spiro atoms. The van der Waals surface area contributed by atoms with Crippen molar-refractivity contribution in [1.82, 2.24) is 5.32 Å². The Morgan fingerprint density at radius 1 is 1.71 bits per heavy atom. The molecule has 0 saturated heterocycles. The molecule has 0 saturated carbocycles. The Labute approximate surface area is 48.0 Å². The fourth-order valence-corrected chi connectivity index (χ4v) is 0.829. The lowest BCUT2D eigenvalue weighted by atomic mass is 10.8. The summed E-state index contributed by atoms with van der Waals surface area (Å²) in [6.07, 6.45) is 2.15. The molecule has 0 aliphatic rings. The molecule has 44 valence electrons. The molecule has 0 amide bonds. The molecule has 1 unspecified atom stereocenters. The molecule has 0 bridgehead atoms. The highest BCUT2D eigenvalue weighted by Crippen LogP contribution is 1.97. The summed E-state index contributed by atoms with van der Waals surface area (Å²) in [7, 11) is 2.34. The maximum absolute atomic E-state index is 3.86. The van der Waals surface area contributed by atoms with Crippen LogP contribution in [-0.2, 0) is 0 Å². The van der Waals surface area contributed by atoms with E-state index in [1.807, 2.05) is 7.05 Å². The molecule has 0 fully saturated rings. The number of hydrogen-bond donors (Lipinski definition) is 1. The van der Waals surface area contributed by atoms with Gasteiger partial charge in [-0.05, 0) is 13.3 Å². The summed E-state index contributed by atoms with van der Waals surface area (Å²) in [4.78, 5) is 0. The third kappa shape index (κ3) is 6.18. The summed E-state index contributed by atoms with van der Waals surface area (Å²) in [6.45, 7) is 1.10. The highest BCUT2D eigenvalue weighted by atomic mass is 32.2. The number of nitrogens with one attached hydrogen (secondary N) is 1. The fourth-order valence-electron chi connectivity index (χ4n) is 0.276. The van der Waals surface area contributed by atoms with Crippen LogP contribution in [0.25, 0.3) is 0 Å². The van der Waals surface area contributed by atoms with Gasteiger partial charge in [-0.3, -0.25) is 0 Å². The van der Waals surface area contributed by atoms with Gasteiger partial charge >= 0.3 is 0 Å². The second-order valence-electron chi connectivity index (χ2n) is 1.59. The third-order valence-corrected chi connectivity index (χ3v) is 1.60. The molecule has 7 heavy (non-hydrogen) atoms. The first-order valence-electron chi connectivity index (χ1n) is 2.34. The molecule has 0 aliphatic heterocycles. The van der Waals surface area contributed by atoms with Gasteiger partial charge in [0.15, 0.2) is 0 Å². The Bertz CT molecular complexity index is 61.1. The van der Waals surface area contributed by atoms with Crippen LogP contribution in [0, 0.1) is 0 Å². The first-order valence-corrected chi connectivity index (χ1v) is 4.31. The molecule has 0 aromatic carbocycles. The molecular formula is C5H13NS. The van der Waals surface area contributed by atoms with Crippen molar-refractivity contribution in [1.29, 1.82) is 0 Å². The van der Waals surface area contributed by atoms with Crippen molar-refractivity contribution < 1.29 is 0 Å². The fraction of sp³-hybridized carbons (Fsp3) is 0.800. The average molecular weight is 119 g/mol. The lowest BCUT2D eigenvalue weighted by Crippen LogP contribution is -2.09. The van der Waals surface area contributed by atoms with Gasteiger partial charge in [-0.25, -0.2) is 0 Å². The molecule has 0 aromatic heterocycles. The highest BCUT2D eigenvalue weighted by Gasteiger charge is 1.78. The third-order valence-electron chi connectivity index (χ3n) is 0.701. The van der Waals surface area contributed by atoms with Gasteiger partial charge in [-0.1, -0.05) is 5.87 Å². The molecule has 2 heteroatoms. The zero-order valence-electron chi connectivity index (χ0n) is 5.03. The second kappa shape index (κ2) is 4.34. The quantitative estimate of drug-likeness (QED) is 0.535. The normalized spacial score (nSPS) is 14.0. The monoisotopic (exact) mass is 119 g/mol. The predicted octanol–water partition coefficient (Wildman–Crippen LogP) is 0.536. The summed E-state index contributed by atoms with van der Waals surface area (Å²) in [5, 5.41) is 3.07. The van der Waals surface area contributed by atoms with E-state index in [0.29, 0.717) is 10.5 Å². The zero-order chi connectivity index (χ0) is 5.70. The summed E-state index contributed by atoms with van der Waals surface area (Å²) in [5.74, 6) is 5.07. The minimum atomic E-state index is 0.372. The van der Waals surface area contributed by atoms with Crippen LogP contribution in [0.5, 0.6) is 0 Å². The van der Waals surface area contributed by atoms with E-state index in [0.717, 1.165) is 6.54 Å². The predicted molar refractivity (Wildman–Crippen MR) is 39.4 cm³/mol. The Balaban J connectivity index is 2.82. The summed E-state index contributed by atoms with van der Waals surface area (Å²) < 4.78 is 0. The molecule has 0 aromatic rings. The van der Waals surface area contributed by atoms with Gasteiger partial charge < -0.3 is 5.32 Å². The van der Waals surface area contributed by atoms with Crippen LogP contribution in [0.3, 0.4) is 0 Å². The van der Waals surface area contributed by atoms with E-state index in [-0.39, 0.29) is 0 Å². The van der Waals surface area contributed by atoms with E-state index in [1.54, 1.807) is 0 Å². The maximum atomic E-state index is 3.86. The summed E-state index contributed by atoms with van der Waals surface area (Å²) >= 11 is 0. The first-order chi connectivity index (χ1) is 3.27. The van der Waals surface area contributed by atoms with Gasteiger partial charge in [-0.2, -0.15) is 10.5 Å². The van der Waals surface area contributed by atoms with E-state index >= 15 is 0 Å². The molecule has 0 rings (SSSR count). The first kappa shape index (κ1) is 7.18. The van der Waals surface area contributed by atoms with Crippen LogP contribution in [0.2, 0.25) is 0 Å². The molecule has 1 nitrogen and oxygen atoms in total. The average Bonchev–Trinajstić information content (AvgIpc) is 1.61. The Morgan fingerprint density at radius 3 is 2.43 bits per heavy atom. The van der Waals surface area contributed by atoms with E-state index in [9.17, 15) is 0 Å². The molecule has 0 heterocycles. The lowest BCUT2D eigenvalue weighted by Gasteiger charge is -1.96. The second-order valence-corrected chi connectivity index (χ2v) is 3.56. The van der Waals surface area contributed by atoms with Gasteiger partial charge in [0.2, 0.25) is 0 Å². The molecule has 1 N–H and O–H groups in total. The van der Waals surface area contributed by atoms with Crippen LogP contribution < -0.4 is 5.32 Å². The van der Waals surface area contributed by atoms with Gasteiger partial charge in [0.05, 0.1) is 0 Å². The summed E-state index contributed by atoms with van der Waals surface area (Å²) in [6, 6.07) is 0. The number of hydrogen-bond acceptors (Lipinski definition) is 1. The zero-order valence-corrected chi connectivity index (χ0v) is 5.85. The van der Waals surface area contributed by atoms with Crippen LogP contribution >= 0.6 is 10.5 Å². The van der Waals surface area contributed by atoms with E-state index in [2.05, 4.69) is 17.4 Å². The topological polar surface area (TPSA) is 12.0 Å². The van der Waals surface area contributed by atoms with Crippen molar-refractivity contribution in [3.8, 4) is 0 Å². The van der Waals surface area contributed by atoms with Gasteiger partial charge in [0, 0.05) is 12.3 Å². The van der Waals surface area contributed by atoms with E-state index in [4.69, 9.17) is 0 Å². The molecular weight excluding hydrogens is 106 g/mol. The Hall–Kier alpha value is 0.180. The Kier molecular flexibility index (Phi) is 4.45. The van der Waals surface area contributed by atoms with Crippen molar-refractivity contribution >= 4 is 16.4 Å². The van der Waals surface area contributed by atoms with Crippen molar-refractivity contribution in [3.63, 3.8) is 0 Å². The summed E-state index contributed by atoms with van der Waals surface area (Å²) in [5.41, 5.74) is 0. The minimum Gasteiger partial charge on any atom is -0.319 e. The van der Waals surface area contributed by atoms with Gasteiger partial charge in [-0.15, -0.1) is 0 Å². The SMILES string of the molecule is C=S(C)CCNC. The molecule has 0 radical (unpaired) electrons. The molecule has 0 aliphatic carbocycles. The van der Waals surface area contributed by atoms with Crippen molar-refractivity contribution in [2.75, 3.05) is 25.6 Å². The van der Waals surface area contributed by atoms with E-state index < -0.39 is 0 Å². The van der Waals surface area contributed by atoms with Crippen LogP contribution in [0.4, 0.5) is 0 Å². The van der Waals surface area contributed by atoms with Crippen LogP contribution in [-0.4, -0.2) is 31.5 Å². The largest absolute Gasteiger partial charge is 0.319 e. The minimum absolute atomic E-state index is 0.372. The van der Waals surface area contributed by atoms with Crippen LogP contribution in [0.1, 0.15) is 0 Å². The van der Waals surface area contributed by atoms with Crippen molar-refractivity contribution in [2.45, 2.75) is 0 Å². The van der Waals surface area contributed by atoms with Gasteiger partial charge in [0.1, 0.15) is 0 Å².